The lowest BCUT2D eigenvalue weighted by atomic mass is 9.80. The Morgan fingerprint density at radius 3 is 2.62 bits per heavy atom. The lowest BCUT2D eigenvalue weighted by Crippen LogP contribution is -2.51. The molecule has 0 aliphatic carbocycles. The number of nitrogens with one attached hydrogen (secondary N) is 1. The van der Waals surface area contributed by atoms with Crippen molar-refractivity contribution in [3.63, 3.8) is 0 Å². The van der Waals surface area contributed by atoms with Crippen LogP contribution in [0.2, 0.25) is 0 Å². The number of ether oxygens (including phenoxy) is 1. The number of likely N-dealkylation sites (tertiary alicyclic amines) is 1. The van der Waals surface area contributed by atoms with Gasteiger partial charge in [0.2, 0.25) is 0 Å². The van der Waals surface area contributed by atoms with Gasteiger partial charge in [-0.15, -0.1) is 0 Å². The van der Waals surface area contributed by atoms with Crippen molar-refractivity contribution in [2.24, 2.45) is 11.3 Å². The first-order valence-corrected chi connectivity index (χ1v) is 9.17. The third-order valence-electron chi connectivity index (χ3n) is 5.25. The summed E-state index contributed by atoms with van der Waals surface area (Å²) in [5.41, 5.74) is 0.347. The maximum absolute atomic E-state index is 5.85. The minimum absolute atomic E-state index is 0.347. The Labute approximate surface area is 131 Å². The third-order valence-corrected chi connectivity index (χ3v) is 5.25. The third kappa shape index (κ3) is 5.54. The fourth-order valence-corrected chi connectivity index (χ4v) is 3.97. The number of piperidine rings is 1. The van der Waals surface area contributed by atoms with Crippen molar-refractivity contribution in [2.45, 2.75) is 65.3 Å². The molecule has 0 aromatic rings. The molecule has 1 N–H and O–H groups in total. The minimum atomic E-state index is 0.347. The molecule has 3 heteroatoms. The molecule has 2 saturated heterocycles. The first-order valence-electron chi connectivity index (χ1n) is 9.17. The van der Waals surface area contributed by atoms with Crippen LogP contribution in [-0.2, 0) is 4.74 Å². The molecule has 2 aliphatic rings. The van der Waals surface area contributed by atoms with E-state index in [2.05, 4.69) is 31.0 Å². The van der Waals surface area contributed by atoms with Crippen LogP contribution in [0.15, 0.2) is 0 Å². The molecule has 1 unspecified atom stereocenters. The SMILES string of the molecule is CCCC1CCN(CC2(CNC(C)C)CCCOC2)CC1. The van der Waals surface area contributed by atoms with Crippen molar-refractivity contribution in [1.82, 2.24) is 10.2 Å². The summed E-state index contributed by atoms with van der Waals surface area (Å²) in [6, 6.07) is 0.569. The summed E-state index contributed by atoms with van der Waals surface area (Å²) >= 11 is 0. The van der Waals surface area contributed by atoms with E-state index in [4.69, 9.17) is 4.74 Å². The summed E-state index contributed by atoms with van der Waals surface area (Å²) in [6.07, 6.45) is 8.14. The topological polar surface area (TPSA) is 24.5 Å². The molecule has 0 amide bonds. The maximum atomic E-state index is 5.85. The molecular weight excluding hydrogens is 260 g/mol. The van der Waals surface area contributed by atoms with E-state index >= 15 is 0 Å². The zero-order chi connectivity index (χ0) is 15.1. The standard InChI is InChI=1S/C18H36N2O/c1-4-6-17-7-10-20(11-8-17)14-18(13-19-16(2)3)9-5-12-21-15-18/h16-17,19H,4-15H2,1-3H3. The Bertz CT molecular complexity index is 279. The molecule has 0 aromatic carbocycles. The van der Waals surface area contributed by atoms with E-state index in [9.17, 15) is 0 Å². The van der Waals surface area contributed by atoms with Gasteiger partial charge in [0.05, 0.1) is 6.61 Å². The lowest BCUT2D eigenvalue weighted by molar-refractivity contribution is -0.0316. The first kappa shape index (κ1) is 17.2. The van der Waals surface area contributed by atoms with Crippen molar-refractivity contribution in [3.8, 4) is 0 Å². The van der Waals surface area contributed by atoms with Crippen molar-refractivity contribution in [1.29, 1.82) is 0 Å². The van der Waals surface area contributed by atoms with Crippen LogP contribution in [0.3, 0.4) is 0 Å². The lowest BCUT2D eigenvalue weighted by Gasteiger charge is -2.43. The zero-order valence-electron chi connectivity index (χ0n) is 14.5. The number of hydrogen-bond acceptors (Lipinski definition) is 3. The molecule has 21 heavy (non-hydrogen) atoms. The summed E-state index contributed by atoms with van der Waals surface area (Å²) in [4.78, 5) is 2.71. The van der Waals surface area contributed by atoms with Crippen molar-refractivity contribution < 1.29 is 4.74 Å². The molecule has 0 spiro atoms. The summed E-state index contributed by atoms with van der Waals surface area (Å²) in [7, 11) is 0. The summed E-state index contributed by atoms with van der Waals surface area (Å²) in [5.74, 6) is 0.985. The van der Waals surface area contributed by atoms with Gasteiger partial charge in [0.1, 0.15) is 0 Å². The van der Waals surface area contributed by atoms with Crippen LogP contribution in [0, 0.1) is 11.3 Å². The molecule has 0 aromatic heterocycles. The highest BCUT2D eigenvalue weighted by molar-refractivity contribution is 4.89. The second-order valence-corrected chi connectivity index (χ2v) is 7.70. The second kappa shape index (κ2) is 8.50. The molecule has 0 radical (unpaired) electrons. The minimum Gasteiger partial charge on any atom is -0.381 e. The van der Waals surface area contributed by atoms with Crippen LogP contribution in [-0.4, -0.2) is 50.3 Å². The van der Waals surface area contributed by atoms with Crippen molar-refractivity contribution in [3.05, 3.63) is 0 Å². The highest BCUT2D eigenvalue weighted by atomic mass is 16.5. The van der Waals surface area contributed by atoms with Gasteiger partial charge in [-0.3, -0.25) is 0 Å². The second-order valence-electron chi connectivity index (χ2n) is 7.70. The van der Waals surface area contributed by atoms with Crippen LogP contribution in [0.4, 0.5) is 0 Å². The summed E-state index contributed by atoms with van der Waals surface area (Å²) in [5, 5.41) is 3.67. The van der Waals surface area contributed by atoms with Crippen molar-refractivity contribution >= 4 is 0 Å². The highest BCUT2D eigenvalue weighted by Gasteiger charge is 2.35. The van der Waals surface area contributed by atoms with E-state index in [-0.39, 0.29) is 0 Å². The molecule has 2 heterocycles. The van der Waals surface area contributed by atoms with Gasteiger partial charge >= 0.3 is 0 Å². The average molecular weight is 296 g/mol. The van der Waals surface area contributed by atoms with E-state index in [1.807, 2.05) is 0 Å². The van der Waals surface area contributed by atoms with Gasteiger partial charge in [0.25, 0.3) is 0 Å². The van der Waals surface area contributed by atoms with E-state index in [1.165, 1.54) is 58.2 Å². The Balaban J connectivity index is 1.84. The van der Waals surface area contributed by atoms with Crippen molar-refractivity contribution in [2.75, 3.05) is 39.4 Å². The van der Waals surface area contributed by atoms with Crippen LogP contribution in [0.25, 0.3) is 0 Å². The van der Waals surface area contributed by atoms with Gasteiger partial charge in [0.15, 0.2) is 0 Å². The smallest absolute Gasteiger partial charge is 0.0546 e. The quantitative estimate of drug-likeness (QED) is 0.780. The molecular formula is C18H36N2O. The molecule has 0 saturated carbocycles. The number of nitrogens with zero attached hydrogens (tertiary/aromatic N) is 1. The fraction of sp³-hybridized carbons (Fsp3) is 1.00. The van der Waals surface area contributed by atoms with Gasteiger partial charge in [-0.05, 0) is 44.7 Å². The Hall–Kier alpha value is -0.120. The monoisotopic (exact) mass is 296 g/mol. The van der Waals surface area contributed by atoms with Gasteiger partial charge in [-0.2, -0.15) is 0 Å². The maximum Gasteiger partial charge on any atom is 0.0546 e. The fourth-order valence-electron chi connectivity index (χ4n) is 3.97. The van der Waals surface area contributed by atoms with Gasteiger partial charge < -0.3 is 15.0 Å². The Kier molecular flexibility index (Phi) is 6.97. The molecule has 124 valence electrons. The molecule has 3 nitrogen and oxygen atoms in total. The summed E-state index contributed by atoms with van der Waals surface area (Å²) < 4.78 is 5.85. The molecule has 0 bridgehead atoms. The van der Waals surface area contributed by atoms with Crippen LogP contribution < -0.4 is 5.32 Å². The molecule has 2 rings (SSSR count). The highest BCUT2D eigenvalue weighted by Crippen LogP contribution is 2.31. The molecule has 2 aliphatic heterocycles. The molecule has 2 fully saturated rings. The first-order chi connectivity index (χ1) is 10.1. The Morgan fingerprint density at radius 1 is 1.29 bits per heavy atom. The van der Waals surface area contributed by atoms with Crippen LogP contribution in [0.1, 0.15) is 59.3 Å². The number of rotatable bonds is 7. The van der Waals surface area contributed by atoms with E-state index in [0.29, 0.717) is 11.5 Å². The summed E-state index contributed by atoms with van der Waals surface area (Å²) in [6.45, 7) is 13.6. The van der Waals surface area contributed by atoms with Gasteiger partial charge in [0, 0.05) is 31.2 Å². The normalized spacial score (nSPS) is 29.1. The molecule has 1 atom stereocenters. The largest absolute Gasteiger partial charge is 0.381 e. The van der Waals surface area contributed by atoms with E-state index in [1.54, 1.807) is 0 Å². The van der Waals surface area contributed by atoms with Gasteiger partial charge in [-0.1, -0.05) is 33.6 Å². The predicted octanol–water partition coefficient (Wildman–Crippen LogP) is 3.29. The number of hydrogen-bond donors (Lipinski definition) is 1. The van der Waals surface area contributed by atoms with Crippen LogP contribution in [0.5, 0.6) is 0 Å². The average Bonchev–Trinajstić information content (AvgIpc) is 2.49. The Morgan fingerprint density at radius 2 is 2.05 bits per heavy atom. The van der Waals surface area contributed by atoms with E-state index in [0.717, 1.165) is 25.7 Å². The van der Waals surface area contributed by atoms with E-state index < -0.39 is 0 Å². The van der Waals surface area contributed by atoms with Gasteiger partial charge in [-0.25, -0.2) is 0 Å². The van der Waals surface area contributed by atoms with Crippen LogP contribution >= 0.6 is 0 Å². The predicted molar refractivity (Wildman–Crippen MR) is 89.7 cm³/mol. The zero-order valence-corrected chi connectivity index (χ0v) is 14.5.